The van der Waals surface area contributed by atoms with Crippen LogP contribution in [-0.2, 0) is 27.4 Å². The molecular formula is C18H20ClNO3. The van der Waals surface area contributed by atoms with Crippen LogP contribution in [0.15, 0.2) is 60.7 Å². The number of halogens is 1. The summed E-state index contributed by atoms with van der Waals surface area (Å²) in [5, 5.41) is 0. The molecule has 5 heteroatoms. The zero-order valence-corrected chi connectivity index (χ0v) is 13.5. The monoisotopic (exact) mass is 333 g/mol. The number of Topliss-reactive ketones (excluding diaryl/α,β-unsaturated/α-hetero) is 1. The van der Waals surface area contributed by atoms with Gasteiger partial charge in [0.2, 0.25) is 0 Å². The maximum atomic E-state index is 11.9. The van der Waals surface area contributed by atoms with Crippen LogP contribution in [0.4, 0.5) is 0 Å². The minimum atomic E-state index is -0.688. The number of hydrogen-bond acceptors (Lipinski definition) is 4. The van der Waals surface area contributed by atoms with Crippen LogP contribution >= 0.6 is 12.4 Å². The van der Waals surface area contributed by atoms with Gasteiger partial charge in [0.05, 0.1) is 6.04 Å². The fourth-order valence-corrected chi connectivity index (χ4v) is 2.04. The smallest absolute Gasteiger partial charge is 0.313 e. The van der Waals surface area contributed by atoms with Gasteiger partial charge in [0.25, 0.3) is 0 Å². The lowest BCUT2D eigenvalue weighted by atomic mass is 10.0. The quantitative estimate of drug-likeness (QED) is 0.624. The van der Waals surface area contributed by atoms with E-state index in [-0.39, 0.29) is 31.2 Å². The average Bonchev–Trinajstić information content (AvgIpc) is 2.55. The number of carbonyl (C=O) groups is 2. The first kappa shape index (κ1) is 18.9. The van der Waals surface area contributed by atoms with E-state index in [1.54, 1.807) is 0 Å². The highest BCUT2D eigenvalue weighted by Gasteiger charge is 2.18. The summed E-state index contributed by atoms with van der Waals surface area (Å²) in [5.74, 6) is -0.848. The number of ketones is 1. The molecule has 23 heavy (non-hydrogen) atoms. The highest BCUT2D eigenvalue weighted by molar-refractivity contribution is 5.98. The molecule has 2 aromatic rings. The predicted molar refractivity (Wildman–Crippen MR) is 91.2 cm³/mol. The van der Waals surface area contributed by atoms with Gasteiger partial charge in [-0.3, -0.25) is 9.59 Å². The van der Waals surface area contributed by atoms with E-state index in [0.29, 0.717) is 6.42 Å². The van der Waals surface area contributed by atoms with Gasteiger partial charge >= 0.3 is 5.97 Å². The maximum absolute atomic E-state index is 11.9. The minimum Gasteiger partial charge on any atom is -0.460 e. The Balaban J connectivity index is 0.00000264. The molecule has 0 saturated carbocycles. The predicted octanol–water partition coefficient (Wildman–Crippen LogP) is 2.68. The van der Waals surface area contributed by atoms with Crippen molar-refractivity contribution in [3.05, 3.63) is 71.8 Å². The van der Waals surface area contributed by atoms with Crippen LogP contribution in [0.5, 0.6) is 0 Å². The molecule has 2 rings (SSSR count). The molecule has 2 N–H and O–H groups in total. The average molecular weight is 334 g/mol. The van der Waals surface area contributed by atoms with Crippen molar-refractivity contribution in [2.45, 2.75) is 25.5 Å². The Hall–Kier alpha value is -2.17. The Morgan fingerprint density at radius 2 is 1.43 bits per heavy atom. The van der Waals surface area contributed by atoms with Gasteiger partial charge in [0.1, 0.15) is 13.0 Å². The van der Waals surface area contributed by atoms with Gasteiger partial charge in [0.15, 0.2) is 5.78 Å². The number of nitrogens with two attached hydrogens (primary N) is 1. The van der Waals surface area contributed by atoms with E-state index >= 15 is 0 Å². The third-order valence-electron chi connectivity index (χ3n) is 3.27. The molecule has 0 aromatic heterocycles. The highest BCUT2D eigenvalue weighted by Crippen LogP contribution is 2.06. The summed E-state index contributed by atoms with van der Waals surface area (Å²) in [5.41, 5.74) is 7.71. The summed E-state index contributed by atoms with van der Waals surface area (Å²) in [7, 11) is 0. The second-order valence-corrected chi connectivity index (χ2v) is 5.09. The van der Waals surface area contributed by atoms with Crippen LogP contribution in [0, 0.1) is 0 Å². The van der Waals surface area contributed by atoms with Crippen LogP contribution in [0.1, 0.15) is 17.5 Å². The first-order valence-corrected chi connectivity index (χ1v) is 7.17. The van der Waals surface area contributed by atoms with E-state index in [1.807, 2.05) is 60.7 Å². The molecule has 0 aliphatic rings. The van der Waals surface area contributed by atoms with Crippen LogP contribution in [0.25, 0.3) is 0 Å². The third-order valence-corrected chi connectivity index (χ3v) is 3.27. The van der Waals surface area contributed by atoms with Crippen molar-refractivity contribution in [3.8, 4) is 0 Å². The molecule has 0 unspecified atom stereocenters. The maximum Gasteiger partial charge on any atom is 0.313 e. The summed E-state index contributed by atoms with van der Waals surface area (Å²) in [4.78, 5) is 23.6. The highest BCUT2D eigenvalue weighted by atomic mass is 35.5. The van der Waals surface area contributed by atoms with Gasteiger partial charge in [-0.2, -0.15) is 0 Å². The van der Waals surface area contributed by atoms with Gasteiger partial charge in [0, 0.05) is 0 Å². The van der Waals surface area contributed by atoms with Crippen molar-refractivity contribution in [1.29, 1.82) is 0 Å². The van der Waals surface area contributed by atoms with Crippen LogP contribution in [0.2, 0.25) is 0 Å². The van der Waals surface area contributed by atoms with Gasteiger partial charge < -0.3 is 10.5 Å². The van der Waals surface area contributed by atoms with Crippen molar-refractivity contribution in [2.24, 2.45) is 5.73 Å². The van der Waals surface area contributed by atoms with E-state index < -0.39 is 12.0 Å². The van der Waals surface area contributed by atoms with Gasteiger partial charge in [-0.15, -0.1) is 12.4 Å². The first-order valence-electron chi connectivity index (χ1n) is 7.17. The van der Waals surface area contributed by atoms with Crippen LogP contribution in [0.3, 0.4) is 0 Å². The molecule has 0 spiro atoms. The summed E-state index contributed by atoms with van der Waals surface area (Å²) in [6.07, 6.45) is 0.131. The lowest BCUT2D eigenvalue weighted by Crippen LogP contribution is -2.34. The van der Waals surface area contributed by atoms with E-state index in [4.69, 9.17) is 10.5 Å². The second-order valence-electron chi connectivity index (χ2n) is 5.09. The lowest BCUT2D eigenvalue weighted by molar-refractivity contribution is -0.147. The zero-order chi connectivity index (χ0) is 15.8. The molecule has 1 atom stereocenters. The summed E-state index contributed by atoms with van der Waals surface area (Å²) < 4.78 is 5.08. The number of rotatable bonds is 7. The number of benzene rings is 2. The van der Waals surface area contributed by atoms with Gasteiger partial charge in [-0.05, 0) is 17.5 Å². The normalized spacial score (nSPS) is 11.2. The number of esters is 1. The molecule has 0 aliphatic carbocycles. The zero-order valence-electron chi connectivity index (χ0n) is 12.7. The molecule has 0 saturated heterocycles. The van der Waals surface area contributed by atoms with Crippen molar-refractivity contribution in [3.63, 3.8) is 0 Å². The van der Waals surface area contributed by atoms with E-state index in [1.165, 1.54) is 0 Å². The molecule has 2 aromatic carbocycles. The van der Waals surface area contributed by atoms with Crippen molar-refractivity contribution in [2.75, 3.05) is 0 Å². The van der Waals surface area contributed by atoms with E-state index in [0.717, 1.165) is 11.1 Å². The molecule has 0 amide bonds. The van der Waals surface area contributed by atoms with Gasteiger partial charge in [-0.25, -0.2) is 0 Å². The molecule has 0 aliphatic heterocycles. The van der Waals surface area contributed by atoms with Crippen LogP contribution in [-0.4, -0.2) is 17.8 Å². The Kier molecular flexibility index (Phi) is 8.02. The van der Waals surface area contributed by atoms with Crippen molar-refractivity contribution in [1.82, 2.24) is 0 Å². The summed E-state index contributed by atoms with van der Waals surface area (Å²) >= 11 is 0. The van der Waals surface area contributed by atoms with Crippen molar-refractivity contribution < 1.29 is 14.3 Å². The molecule has 0 heterocycles. The minimum absolute atomic E-state index is 0. The largest absolute Gasteiger partial charge is 0.460 e. The Bertz CT molecular complexity index is 617. The summed E-state index contributed by atoms with van der Waals surface area (Å²) in [6, 6.07) is 18.1. The Morgan fingerprint density at radius 1 is 0.913 bits per heavy atom. The standard InChI is InChI=1S/C18H19NO3.ClH/c19-16(11-14-7-3-1-4-8-14)17(20)12-18(21)22-13-15-9-5-2-6-10-15;/h1-10,16H,11-13,19H2;1H/t16-;/m1./s1. The first-order chi connectivity index (χ1) is 10.6. The topological polar surface area (TPSA) is 69.4 Å². The fraction of sp³-hybridized carbons (Fsp3) is 0.222. The number of carbonyl (C=O) groups excluding carboxylic acids is 2. The van der Waals surface area contributed by atoms with Crippen molar-refractivity contribution >= 4 is 24.2 Å². The molecule has 4 nitrogen and oxygen atoms in total. The number of hydrogen-bond donors (Lipinski definition) is 1. The van der Waals surface area contributed by atoms with E-state index in [2.05, 4.69) is 0 Å². The Labute approximate surface area is 142 Å². The Morgan fingerprint density at radius 3 is 2.00 bits per heavy atom. The molecular weight excluding hydrogens is 314 g/mol. The summed E-state index contributed by atoms with van der Waals surface area (Å²) in [6.45, 7) is 0.168. The molecule has 0 fully saturated rings. The van der Waals surface area contributed by atoms with Crippen LogP contribution < -0.4 is 5.73 Å². The van der Waals surface area contributed by atoms with E-state index in [9.17, 15) is 9.59 Å². The molecule has 122 valence electrons. The van der Waals surface area contributed by atoms with Gasteiger partial charge in [-0.1, -0.05) is 60.7 Å². The SMILES string of the molecule is Cl.N[C@H](Cc1ccccc1)C(=O)CC(=O)OCc1ccccc1. The second kappa shape index (κ2) is 9.77. The number of ether oxygens (including phenoxy) is 1. The molecule has 0 radical (unpaired) electrons. The molecule has 0 bridgehead atoms. The fourth-order valence-electron chi connectivity index (χ4n) is 2.04. The lowest BCUT2D eigenvalue weighted by Gasteiger charge is -2.10. The third kappa shape index (κ3) is 6.63.